The molecular formula is C13H19N3O2. The fourth-order valence-corrected chi connectivity index (χ4v) is 2.20. The zero-order valence-electron chi connectivity index (χ0n) is 10.5. The number of nitrogens with two attached hydrogens (primary N) is 1. The minimum Gasteiger partial charge on any atom is -0.491 e. The highest BCUT2D eigenvalue weighted by Gasteiger charge is 2.25. The molecule has 2 atom stereocenters. The second kappa shape index (κ2) is 5.73. The summed E-state index contributed by atoms with van der Waals surface area (Å²) < 4.78 is 5.61. The first-order chi connectivity index (χ1) is 8.74. The van der Waals surface area contributed by atoms with Gasteiger partial charge in [-0.1, -0.05) is 30.3 Å². The Kier molecular flexibility index (Phi) is 4.04. The molecule has 1 aliphatic rings. The molecule has 0 bridgehead atoms. The van der Waals surface area contributed by atoms with Crippen LogP contribution in [-0.4, -0.2) is 23.7 Å². The van der Waals surface area contributed by atoms with E-state index in [1.807, 2.05) is 18.2 Å². The van der Waals surface area contributed by atoms with Crippen molar-refractivity contribution in [2.24, 2.45) is 10.9 Å². The third kappa shape index (κ3) is 2.73. The maximum atomic E-state index is 8.61. The number of nitrogens with zero attached hydrogens (tertiary/aromatic N) is 1. The molecule has 2 unspecified atom stereocenters. The zero-order valence-corrected chi connectivity index (χ0v) is 10.5. The number of fused-ring (bicyclic) bond motifs is 1. The molecule has 0 saturated carbocycles. The molecule has 1 heterocycles. The van der Waals surface area contributed by atoms with E-state index < -0.39 is 0 Å². The van der Waals surface area contributed by atoms with Crippen molar-refractivity contribution in [2.45, 2.75) is 31.8 Å². The first kappa shape index (κ1) is 12.7. The van der Waals surface area contributed by atoms with Gasteiger partial charge in [-0.3, -0.25) is 0 Å². The first-order valence-corrected chi connectivity index (χ1v) is 6.18. The lowest BCUT2D eigenvalue weighted by Gasteiger charge is -2.20. The van der Waals surface area contributed by atoms with Crippen LogP contribution in [0.5, 0.6) is 5.75 Å². The fourth-order valence-electron chi connectivity index (χ4n) is 2.20. The smallest absolute Gasteiger partial charge is 0.140 e. The van der Waals surface area contributed by atoms with E-state index in [2.05, 4.69) is 23.5 Å². The minimum atomic E-state index is 0.178. The Morgan fingerprint density at radius 1 is 1.61 bits per heavy atom. The van der Waals surface area contributed by atoms with Gasteiger partial charge in [0.1, 0.15) is 18.2 Å². The number of rotatable bonds is 5. The molecule has 0 fully saturated rings. The van der Waals surface area contributed by atoms with E-state index in [-0.39, 0.29) is 17.9 Å². The van der Waals surface area contributed by atoms with Crippen molar-refractivity contribution < 1.29 is 9.94 Å². The van der Waals surface area contributed by atoms with Crippen molar-refractivity contribution in [3.05, 3.63) is 29.8 Å². The predicted molar refractivity (Wildman–Crippen MR) is 69.9 cm³/mol. The van der Waals surface area contributed by atoms with Gasteiger partial charge in [0.15, 0.2) is 0 Å². The zero-order chi connectivity index (χ0) is 13.0. The lowest BCUT2D eigenvalue weighted by Crippen LogP contribution is -2.36. The SMILES string of the molecule is CCC(C/C(N)=N/O)NC1COc2ccccc21. The highest BCUT2D eigenvalue weighted by atomic mass is 16.5. The van der Waals surface area contributed by atoms with Crippen LogP contribution in [-0.2, 0) is 0 Å². The molecule has 5 heteroatoms. The van der Waals surface area contributed by atoms with E-state index in [1.165, 1.54) is 5.56 Å². The van der Waals surface area contributed by atoms with Gasteiger partial charge in [0.2, 0.25) is 0 Å². The van der Waals surface area contributed by atoms with E-state index in [9.17, 15) is 0 Å². The van der Waals surface area contributed by atoms with Crippen LogP contribution in [0, 0.1) is 0 Å². The summed E-state index contributed by atoms with van der Waals surface area (Å²) in [5.74, 6) is 1.19. The summed E-state index contributed by atoms with van der Waals surface area (Å²) >= 11 is 0. The molecule has 0 radical (unpaired) electrons. The van der Waals surface area contributed by atoms with Gasteiger partial charge >= 0.3 is 0 Å². The molecule has 0 saturated heterocycles. The van der Waals surface area contributed by atoms with Crippen LogP contribution < -0.4 is 15.8 Å². The van der Waals surface area contributed by atoms with Crippen LogP contribution in [0.1, 0.15) is 31.4 Å². The van der Waals surface area contributed by atoms with Crippen LogP contribution in [0.3, 0.4) is 0 Å². The standard InChI is InChI=1S/C13H19N3O2/c1-2-9(7-13(14)16-17)15-11-8-18-12-6-4-3-5-10(11)12/h3-6,9,11,15,17H,2,7-8H2,1H3,(H2,14,16). The highest BCUT2D eigenvalue weighted by molar-refractivity contribution is 5.80. The Balaban J connectivity index is 2.01. The summed E-state index contributed by atoms with van der Waals surface area (Å²) in [6.07, 6.45) is 1.44. The first-order valence-electron chi connectivity index (χ1n) is 6.18. The van der Waals surface area contributed by atoms with Gasteiger partial charge in [-0.25, -0.2) is 0 Å². The summed E-state index contributed by atoms with van der Waals surface area (Å²) in [7, 11) is 0. The summed E-state index contributed by atoms with van der Waals surface area (Å²) in [5, 5.41) is 15.1. The molecule has 0 aliphatic carbocycles. The van der Waals surface area contributed by atoms with Gasteiger partial charge < -0.3 is 21.0 Å². The van der Waals surface area contributed by atoms with Gasteiger partial charge in [-0.2, -0.15) is 0 Å². The monoisotopic (exact) mass is 249 g/mol. The molecule has 4 N–H and O–H groups in total. The average molecular weight is 249 g/mol. The molecule has 18 heavy (non-hydrogen) atoms. The summed E-state index contributed by atoms with van der Waals surface area (Å²) in [6.45, 7) is 2.70. The maximum absolute atomic E-state index is 8.61. The van der Waals surface area contributed by atoms with Gasteiger partial charge in [-0.15, -0.1) is 0 Å². The maximum Gasteiger partial charge on any atom is 0.140 e. The van der Waals surface area contributed by atoms with Crippen molar-refractivity contribution >= 4 is 5.84 Å². The Bertz CT molecular complexity index is 434. The van der Waals surface area contributed by atoms with E-state index in [0.717, 1.165) is 12.2 Å². The number of para-hydroxylation sites is 1. The van der Waals surface area contributed by atoms with Crippen molar-refractivity contribution in [2.75, 3.05) is 6.61 Å². The molecule has 0 spiro atoms. The molecule has 5 nitrogen and oxygen atoms in total. The molecule has 98 valence electrons. The Morgan fingerprint density at radius 3 is 3.11 bits per heavy atom. The lowest BCUT2D eigenvalue weighted by molar-refractivity contribution is 0.293. The number of amidine groups is 1. The predicted octanol–water partition coefficient (Wildman–Crippen LogP) is 1.62. The summed E-state index contributed by atoms with van der Waals surface area (Å²) in [4.78, 5) is 0. The second-order valence-electron chi connectivity index (χ2n) is 4.47. The Morgan fingerprint density at radius 2 is 2.39 bits per heavy atom. The molecule has 2 rings (SSSR count). The van der Waals surface area contributed by atoms with Crippen molar-refractivity contribution in [3.63, 3.8) is 0 Å². The number of oxime groups is 1. The molecular weight excluding hydrogens is 230 g/mol. The molecule has 0 aromatic heterocycles. The molecule has 1 aromatic carbocycles. The molecule has 1 aromatic rings. The quantitative estimate of drug-likeness (QED) is 0.321. The number of hydrogen-bond acceptors (Lipinski definition) is 4. The minimum absolute atomic E-state index is 0.178. The van der Waals surface area contributed by atoms with Crippen LogP contribution in [0.25, 0.3) is 0 Å². The molecule has 0 amide bonds. The summed E-state index contributed by atoms with van der Waals surface area (Å²) in [5.41, 5.74) is 6.72. The van der Waals surface area contributed by atoms with Crippen LogP contribution in [0.2, 0.25) is 0 Å². The second-order valence-corrected chi connectivity index (χ2v) is 4.47. The van der Waals surface area contributed by atoms with E-state index in [1.54, 1.807) is 0 Å². The largest absolute Gasteiger partial charge is 0.491 e. The van der Waals surface area contributed by atoms with Crippen LogP contribution in [0.15, 0.2) is 29.4 Å². The van der Waals surface area contributed by atoms with E-state index in [0.29, 0.717) is 13.0 Å². The van der Waals surface area contributed by atoms with Crippen LogP contribution in [0.4, 0.5) is 0 Å². The average Bonchev–Trinajstić information content (AvgIpc) is 2.81. The van der Waals surface area contributed by atoms with Gasteiger partial charge in [0.05, 0.1) is 6.04 Å². The fraction of sp³-hybridized carbons (Fsp3) is 0.462. The number of nitrogens with one attached hydrogen (secondary N) is 1. The third-order valence-electron chi connectivity index (χ3n) is 3.21. The van der Waals surface area contributed by atoms with Crippen molar-refractivity contribution in [1.29, 1.82) is 0 Å². The van der Waals surface area contributed by atoms with Crippen LogP contribution >= 0.6 is 0 Å². The highest BCUT2D eigenvalue weighted by Crippen LogP contribution is 2.32. The topological polar surface area (TPSA) is 79.9 Å². The Labute approximate surface area is 107 Å². The van der Waals surface area contributed by atoms with Gasteiger partial charge in [-0.05, 0) is 12.5 Å². The van der Waals surface area contributed by atoms with Gasteiger partial charge in [0, 0.05) is 18.0 Å². The van der Waals surface area contributed by atoms with Crippen molar-refractivity contribution in [3.8, 4) is 5.75 Å². The molecule has 1 aliphatic heterocycles. The Hall–Kier alpha value is -1.75. The third-order valence-corrected chi connectivity index (χ3v) is 3.21. The normalized spacial score (nSPS) is 20.3. The summed E-state index contributed by atoms with van der Waals surface area (Å²) in [6, 6.07) is 8.37. The lowest BCUT2D eigenvalue weighted by atomic mass is 10.0. The number of benzene rings is 1. The number of ether oxygens (including phenoxy) is 1. The van der Waals surface area contributed by atoms with Crippen molar-refractivity contribution in [1.82, 2.24) is 5.32 Å². The van der Waals surface area contributed by atoms with Gasteiger partial charge in [0.25, 0.3) is 0 Å². The van der Waals surface area contributed by atoms with E-state index in [4.69, 9.17) is 15.7 Å². The number of hydrogen-bond donors (Lipinski definition) is 3. The van der Waals surface area contributed by atoms with E-state index >= 15 is 0 Å².